The van der Waals surface area contributed by atoms with Crippen molar-refractivity contribution in [3.63, 3.8) is 0 Å². The van der Waals surface area contributed by atoms with Crippen LogP contribution in [0, 0.1) is 5.92 Å². The van der Waals surface area contributed by atoms with Gasteiger partial charge in [0, 0.05) is 6.20 Å². The number of carbonyl (C=O) groups is 1. The SMILES string of the molecule is O=C(O)c1sc(-c2ccccn2)nc1CCC1CCCCC1. The van der Waals surface area contributed by atoms with Gasteiger partial charge in [-0.1, -0.05) is 38.2 Å². The maximum atomic E-state index is 11.5. The number of aromatic nitrogens is 2. The van der Waals surface area contributed by atoms with Crippen LogP contribution in [-0.4, -0.2) is 21.0 Å². The van der Waals surface area contributed by atoms with Crippen LogP contribution < -0.4 is 0 Å². The van der Waals surface area contributed by atoms with Gasteiger partial charge in [0.2, 0.25) is 0 Å². The van der Waals surface area contributed by atoms with E-state index in [1.165, 1.54) is 43.4 Å². The minimum atomic E-state index is -0.877. The molecule has 0 saturated heterocycles. The molecule has 2 heterocycles. The molecule has 2 aromatic heterocycles. The van der Waals surface area contributed by atoms with Crippen molar-refractivity contribution in [1.29, 1.82) is 0 Å². The Morgan fingerprint density at radius 2 is 2.09 bits per heavy atom. The maximum absolute atomic E-state index is 11.5. The molecule has 0 unspecified atom stereocenters. The Balaban J connectivity index is 1.77. The molecule has 0 aromatic carbocycles. The van der Waals surface area contributed by atoms with Crippen molar-refractivity contribution in [2.24, 2.45) is 5.92 Å². The summed E-state index contributed by atoms with van der Waals surface area (Å²) < 4.78 is 0. The van der Waals surface area contributed by atoms with Gasteiger partial charge in [-0.25, -0.2) is 9.78 Å². The van der Waals surface area contributed by atoms with E-state index in [1.807, 2.05) is 18.2 Å². The molecule has 0 spiro atoms. The fraction of sp³-hybridized carbons (Fsp3) is 0.471. The summed E-state index contributed by atoms with van der Waals surface area (Å²) in [6, 6.07) is 5.61. The number of aromatic carboxylic acids is 1. The fourth-order valence-electron chi connectivity index (χ4n) is 3.10. The van der Waals surface area contributed by atoms with E-state index in [9.17, 15) is 9.90 Å². The third-order valence-electron chi connectivity index (χ3n) is 4.29. The fourth-order valence-corrected chi connectivity index (χ4v) is 4.03. The van der Waals surface area contributed by atoms with Crippen molar-refractivity contribution in [2.75, 3.05) is 0 Å². The van der Waals surface area contributed by atoms with E-state index >= 15 is 0 Å². The van der Waals surface area contributed by atoms with Gasteiger partial charge in [0.25, 0.3) is 0 Å². The largest absolute Gasteiger partial charge is 0.477 e. The molecule has 0 amide bonds. The first kappa shape index (κ1) is 15.2. The smallest absolute Gasteiger partial charge is 0.347 e. The second-order valence-corrected chi connectivity index (χ2v) is 6.86. The van der Waals surface area contributed by atoms with Gasteiger partial charge in [-0.3, -0.25) is 4.98 Å². The first-order valence-electron chi connectivity index (χ1n) is 7.88. The minimum Gasteiger partial charge on any atom is -0.477 e. The Bertz CT molecular complexity index is 633. The maximum Gasteiger partial charge on any atom is 0.347 e. The molecule has 1 fully saturated rings. The second kappa shape index (κ2) is 7.01. The van der Waals surface area contributed by atoms with Crippen molar-refractivity contribution >= 4 is 17.3 Å². The van der Waals surface area contributed by atoms with Crippen molar-refractivity contribution in [2.45, 2.75) is 44.9 Å². The molecule has 1 N–H and O–H groups in total. The van der Waals surface area contributed by atoms with Crippen molar-refractivity contribution in [1.82, 2.24) is 9.97 Å². The van der Waals surface area contributed by atoms with E-state index in [1.54, 1.807) is 6.20 Å². The zero-order chi connectivity index (χ0) is 15.4. The molecule has 3 rings (SSSR count). The molecular weight excluding hydrogens is 296 g/mol. The first-order chi connectivity index (χ1) is 10.7. The zero-order valence-corrected chi connectivity index (χ0v) is 13.3. The van der Waals surface area contributed by atoms with Crippen LogP contribution >= 0.6 is 11.3 Å². The zero-order valence-electron chi connectivity index (χ0n) is 12.5. The van der Waals surface area contributed by atoms with E-state index in [-0.39, 0.29) is 0 Å². The summed E-state index contributed by atoms with van der Waals surface area (Å²) in [5.41, 5.74) is 1.47. The number of nitrogens with zero attached hydrogens (tertiary/aromatic N) is 2. The minimum absolute atomic E-state index is 0.372. The van der Waals surface area contributed by atoms with Crippen molar-refractivity contribution in [3.05, 3.63) is 35.0 Å². The summed E-state index contributed by atoms with van der Waals surface area (Å²) in [6.07, 6.45) is 10.0. The van der Waals surface area contributed by atoms with Gasteiger partial charge in [-0.15, -0.1) is 11.3 Å². The second-order valence-electron chi connectivity index (χ2n) is 5.86. The molecular formula is C17H20N2O2S. The van der Waals surface area contributed by atoms with Crippen LogP contribution in [0.2, 0.25) is 0 Å². The van der Waals surface area contributed by atoms with Crippen LogP contribution in [0.5, 0.6) is 0 Å². The molecule has 22 heavy (non-hydrogen) atoms. The Hall–Kier alpha value is -1.75. The lowest BCUT2D eigenvalue weighted by Gasteiger charge is -2.20. The summed E-state index contributed by atoms with van der Waals surface area (Å²) >= 11 is 1.23. The lowest BCUT2D eigenvalue weighted by Crippen LogP contribution is -2.08. The average molecular weight is 316 g/mol. The molecule has 5 heteroatoms. The highest BCUT2D eigenvalue weighted by Crippen LogP contribution is 2.31. The highest BCUT2D eigenvalue weighted by Gasteiger charge is 2.20. The third-order valence-corrected chi connectivity index (χ3v) is 5.40. The Kier molecular flexibility index (Phi) is 4.83. The van der Waals surface area contributed by atoms with Gasteiger partial charge in [0.05, 0.1) is 11.4 Å². The molecule has 1 aliphatic carbocycles. The summed E-state index contributed by atoms with van der Waals surface area (Å²) in [5, 5.41) is 10.1. The average Bonchev–Trinajstić information content (AvgIpc) is 2.99. The number of thiazole rings is 1. The normalized spacial score (nSPS) is 15.8. The molecule has 116 valence electrons. The third kappa shape index (κ3) is 3.53. The molecule has 0 bridgehead atoms. The van der Waals surface area contributed by atoms with Crippen LogP contribution in [0.15, 0.2) is 24.4 Å². The Morgan fingerprint density at radius 1 is 1.27 bits per heavy atom. The van der Waals surface area contributed by atoms with Crippen molar-refractivity contribution in [3.8, 4) is 10.7 Å². The van der Waals surface area contributed by atoms with Gasteiger partial charge in [0.15, 0.2) is 0 Å². The van der Waals surface area contributed by atoms with Crippen molar-refractivity contribution < 1.29 is 9.90 Å². The summed E-state index contributed by atoms with van der Waals surface area (Å²) in [4.78, 5) is 20.7. The first-order valence-corrected chi connectivity index (χ1v) is 8.70. The van der Waals surface area contributed by atoms with Crippen LogP contribution in [0.1, 0.15) is 53.9 Å². The van der Waals surface area contributed by atoms with E-state index in [0.717, 1.165) is 30.1 Å². The number of aryl methyl sites for hydroxylation is 1. The van der Waals surface area contributed by atoms with Crippen LogP contribution in [0.4, 0.5) is 0 Å². The monoisotopic (exact) mass is 316 g/mol. The quantitative estimate of drug-likeness (QED) is 0.887. The predicted molar refractivity (Wildman–Crippen MR) is 87.2 cm³/mol. The molecule has 4 nitrogen and oxygen atoms in total. The number of pyridine rings is 1. The lowest BCUT2D eigenvalue weighted by atomic mass is 9.86. The predicted octanol–water partition coefficient (Wildman–Crippen LogP) is 4.42. The van der Waals surface area contributed by atoms with Gasteiger partial charge in [-0.2, -0.15) is 0 Å². The van der Waals surface area contributed by atoms with Gasteiger partial charge < -0.3 is 5.11 Å². The number of hydrogen-bond acceptors (Lipinski definition) is 4. The van der Waals surface area contributed by atoms with Crippen LogP contribution in [0.3, 0.4) is 0 Å². The Labute approximate surface area is 134 Å². The van der Waals surface area contributed by atoms with Gasteiger partial charge in [-0.05, 0) is 30.9 Å². The number of carboxylic acid groups (broad SMARTS) is 1. The summed E-state index contributed by atoms with van der Waals surface area (Å²) in [7, 11) is 0. The molecule has 0 aliphatic heterocycles. The molecule has 0 atom stereocenters. The highest BCUT2D eigenvalue weighted by atomic mass is 32.1. The molecule has 1 aliphatic rings. The van der Waals surface area contributed by atoms with Gasteiger partial charge >= 0.3 is 5.97 Å². The van der Waals surface area contributed by atoms with E-state index in [4.69, 9.17) is 0 Å². The standard InChI is InChI=1S/C17H20N2O2S/c20-17(21)15-13(10-9-12-6-2-1-3-7-12)19-16(22-15)14-8-4-5-11-18-14/h4-5,8,11-12H,1-3,6-7,9-10H2,(H,20,21). The summed E-state index contributed by atoms with van der Waals surface area (Å²) in [5.74, 6) is -0.145. The van der Waals surface area contributed by atoms with E-state index in [0.29, 0.717) is 9.88 Å². The van der Waals surface area contributed by atoms with Gasteiger partial charge in [0.1, 0.15) is 9.88 Å². The lowest BCUT2D eigenvalue weighted by molar-refractivity contribution is 0.0700. The molecule has 0 radical (unpaired) electrons. The number of hydrogen-bond donors (Lipinski definition) is 1. The highest BCUT2D eigenvalue weighted by molar-refractivity contribution is 7.17. The number of carboxylic acids is 1. The Morgan fingerprint density at radius 3 is 2.77 bits per heavy atom. The van der Waals surface area contributed by atoms with Crippen LogP contribution in [-0.2, 0) is 6.42 Å². The number of rotatable bonds is 5. The van der Waals surface area contributed by atoms with E-state index < -0.39 is 5.97 Å². The summed E-state index contributed by atoms with van der Waals surface area (Å²) in [6.45, 7) is 0. The van der Waals surface area contributed by atoms with E-state index in [2.05, 4.69) is 9.97 Å². The topological polar surface area (TPSA) is 63.1 Å². The molecule has 2 aromatic rings. The van der Waals surface area contributed by atoms with Crippen LogP contribution in [0.25, 0.3) is 10.7 Å². The molecule has 1 saturated carbocycles.